The van der Waals surface area contributed by atoms with Crippen LogP contribution in [0.3, 0.4) is 0 Å². The summed E-state index contributed by atoms with van der Waals surface area (Å²) in [6.45, 7) is 5.39. The number of halogens is 3. The summed E-state index contributed by atoms with van der Waals surface area (Å²) in [5.41, 5.74) is 1.08. The molecule has 5 rings (SSSR count). The highest BCUT2D eigenvalue weighted by Gasteiger charge is 2.36. The first-order valence-electron chi connectivity index (χ1n) is 13.9. The number of carbonyl (C=O) groups is 2. The lowest BCUT2D eigenvalue weighted by atomic mass is 9.97. The lowest BCUT2D eigenvalue weighted by Crippen LogP contribution is -2.46. The minimum atomic E-state index is -4.74. The van der Waals surface area contributed by atoms with Crippen LogP contribution >= 0.6 is 0 Å². The standard InChI is InChI=1S/C32H29F3N6O3/c1-6-20-8-9-22(16-26(20)32(33,34)35)29(43)39-17-27-25(15-18(39)3)30(44)40(24-12-10-21(11-13-24)28(42)36-5)31(37-27)41-19(4)14-23(7-2)38-41/h1,8-14,16,18H,7,15,17H2,2-5H3,(H,36,42). The van der Waals surface area contributed by atoms with Crippen LogP contribution in [0.5, 0.6) is 0 Å². The van der Waals surface area contributed by atoms with Crippen molar-refractivity contribution >= 4 is 11.8 Å². The lowest BCUT2D eigenvalue weighted by Gasteiger charge is -2.34. The van der Waals surface area contributed by atoms with Crippen molar-refractivity contribution in [3.63, 3.8) is 0 Å². The predicted octanol–water partition coefficient (Wildman–Crippen LogP) is 4.24. The van der Waals surface area contributed by atoms with Crippen molar-refractivity contribution in [1.82, 2.24) is 29.5 Å². The van der Waals surface area contributed by atoms with Gasteiger partial charge in [-0.25, -0.2) is 14.2 Å². The summed E-state index contributed by atoms with van der Waals surface area (Å²) in [4.78, 5) is 46.1. The minimum absolute atomic E-state index is 0.104. The van der Waals surface area contributed by atoms with E-state index in [1.807, 2.05) is 25.8 Å². The summed E-state index contributed by atoms with van der Waals surface area (Å²) in [7, 11) is 1.52. The van der Waals surface area contributed by atoms with Crippen LogP contribution in [0.4, 0.5) is 13.2 Å². The van der Waals surface area contributed by atoms with Crippen LogP contribution < -0.4 is 10.9 Å². The van der Waals surface area contributed by atoms with Crippen LogP contribution in [-0.2, 0) is 25.6 Å². The molecule has 4 aromatic rings. The molecule has 44 heavy (non-hydrogen) atoms. The number of hydrogen-bond donors (Lipinski definition) is 1. The molecule has 1 aliphatic heterocycles. The van der Waals surface area contributed by atoms with Gasteiger partial charge in [-0.1, -0.05) is 12.8 Å². The maximum atomic E-state index is 14.1. The van der Waals surface area contributed by atoms with E-state index in [1.165, 1.54) is 22.6 Å². The monoisotopic (exact) mass is 602 g/mol. The SMILES string of the molecule is C#Cc1ccc(C(=O)N2Cc3nc(-n4nc(CC)cc4C)n(-c4ccc(C(=O)NC)cc4)c(=O)c3CC2C)cc1C(F)(F)F. The number of benzene rings is 2. The number of fused-ring (bicyclic) bond motifs is 1. The van der Waals surface area contributed by atoms with Gasteiger partial charge in [0.05, 0.1) is 29.2 Å². The Morgan fingerprint density at radius 2 is 1.80 bits per heavy atom. The van der Waals surface area contributed by atoms with Crippen molar-refractivity contribution in [3.8, 4) is 24.0 Å². The van der Waals surface area contributed by atoms with Crippen LogP contribution in [0.2, 0.25) is 0 Å². The highest BCUT2D eigenvalue weighted by molar-refractivity contribution is 5.95. The second-order valence-electron chi connectivity index (χ2n) is 10.5. The molecule has 226 valence electrons. The van der Waals surface area contributed by atoms with E-state index in [0.717, 1.165) is 23.5 Å². The number of nitrogens with zero attached hydrogens (tertiary/aromatic N) is 5. The second-order valence-corrected chi connectivity index (χ2v) is 10.5. The van der Waals surface area contributed by atoms with Gasteiger partial charge >= 0.3 is 6.18 Å². The van der Waals surface area contributed by atoms with Crippen molar-refractivity contribution in [2.45, 2.75) is 52.4 Å². The highest BCUT2D eigenvalue weighted by Crippen LogP contribution is 2.33. The average molecular weight is 603 g/mol. The Morgan fingerprint density at radius 3 is 2.39 bits per heavy atom. The van der Waals surface area contributed by atoms with Crippen molar-refractivity contribution in [2.75, 3.05) is 7.05 Å². The van der Waals surface area contributed by atoms with E-state index in [-0.39, 0.29) is 41.5 Å². The Balaban J connectivity index is 1.63. The second kappa shape index (κ2) is 11.5. The Kier molecular flexibility index (Phi) is 7.90. The molecule has 0 aliphatic carbocycles. The number of terminal acetylenes is 1. The number of amides is 2. The first-order chi connectivity index (χ1) is 20.9. The summed E-state index contributed by atoms with van der Waals surface area (Å²) in [6, 6.07) is 11.0. The van der Waals surface area contributed by atoms with E-state index in [2.05, 4.69) is 10.4 Å². The molecule has 0 fully saturated rings. The van der Waals surface area contributed by atoms with Gasteiger partial charge in [0.2, 0.25) is 5.95 Å². The topological polar surface area (TPSA) is 102 Å². The zero-order chi connectivity index (χ0) is 31.9. The van der Waals surface area contributed by atoms with Crippen LogP contribution in [0.1, 0.15) is 68.3 Å². The average Bonchev–Trinajstić information content (AvgIpc) is 3.40. The molecule has 1 N–H and O–H groups in total. The van der Waals surface area contributed by atoms with Gasteiger partial charge in [-0.15, -0.1) is 6.42 Å². The molecular formula is C32H29F3N6O3. The van der Waals surface area contributed by atoms with Crippen molar-refractivity contribution in [3.05, 3.63) is 104 Å². The van der Waals surface area contributed by atoms with E-state index < -0.39 is 23.7 Å². The van der Waals surface area contributed by atoms with Crippen LogP contribution in [0.15, 0.2) is 53.3 Å². The predicted molar refractivity (Wildman–Crippen MR) is 157 cm³/mol. The van der Waals surface area contributed by atoms with E-state index in [9.17, 15) is 27.6 Å². The third-order valence-electron chi connectivity index (χ3n) is 7.69. The number of nitrogens with one attached hydrogen (secondary N) is 1. The Labute approximate surface area is 251 Å². The van der Waals surface area contributed by atoms with Crippen molar-refractivity contribution in [2.24, 2.45) is 0 Å². The fourth-order valence-corrected chi connectivity index (χ4v) is 5.32. The summed E-state index contributed by atoms with van der Waals surface area (Å²) >= 11 is 0. The Bertz CT molecular complexity index is 1880. The molecule has 2 aromatic carbocycles. The van der Waals surface area contributed by atoms with E-state index in [1.54, 1.807) is 35.9 Å². The largest absolute Gasteiger partial charge is 0.417 e. The number of alkyl halides is 3. The third kappa shape index (κ3) is 5.37. The van der Waals surface area contributed by atoms with Gasteiger partial charge in [-0.3, -0.25) is 14.4 Å². The van der Waals surface area contributed by atoms with Gasteiger partial charge in [0.1, 0.15) is 0 Å². The van der Waals surface area contributed by atoms with E-state index in [0.29, 0.717) is 28.9 Å². The van der Waals surface area contributed by atoms with Gasteiger partial charge in [0.25, 0.3) is 17.4 Å². The van der Waals surface area contributed by atoms with Gasteiger partial charge in [0, 0.05) is 41.0 Å². The number of carbonyl (C=O) groups excluding carboxylic acids is 2. The quantitative estimate of drug-likeness (QED) is 0.345. The zero-order valence-electron chi connectivity index (χ0n) is 24.5. The summed E-state index contributed by atoms with van der Waals surface area (Å²) in [6.07, 6.45) is 1.28. The Hall–Kier alpha value is -5.18. The molecule has 0 radical (unpaired) electrons. The number of aryl methyl sites for hydroxylation is 2. The molecule has 3 heterocycles. The fourth-order valence-electron chi connectivity index (χ4n) is 5.32. The van der Waals surface area contributed by atoms with Crippen molar-refractivity contribution < 1.29 is 22.8 Å². The smallest absolute Gasteiger partial charge is 0.355 e. The molecule has 9 nitrogen and oxygen atoms in total. The number of aromatic nitrogens is 4. The lowest BCUT2D eigenvalue weighted by molar-refractivity contribution is -0.137. The minimum Gasteiger partial charge on any atom is -0.355 e. The fraction of sp³-hybridized carbons (Fsp3) is 0.281. The number of hydrogen-bond acceptors (Lipinski definition) is 5. The molecule has 2 aromatic heterocycles. The molecule has 0 spiro atoms. The maximum Gasteiger partial charge on any atom is 0.417 e. The first kappa shape index (κ1) is 30.3. The van der Waals surface area contributed by atoms with Gasteiger partial charge in [-0.05, 0) is 75.2 Å². The third-order valence-corrected chi connectivity index (χ3v) is 7.69. The molecule has 0 bridgehead atoms. The maximum absolute atomic E-state index is 14.1. The summed E-state index contributed by atoms with van der Waals surface area (Å²) < 4.78 is 44.0. The summed E-state index contributed by atoms with van der Waals surface area (Å²) in [5, 5.41) is 7.19. The van der Waals surface area contributed by atoms with Gasteiger partial charge in [-0.2, -0.15) is 18.3 Å². The zero-order valence-corrected chi connectivity index (χ0v) is 24.5. The van der Waals surface area contributed by atoms with Crippen LogP contribution in [0.25, 0.3) is 11.6 Å². The van der Waals surface area contributed by atoms with Crippen LogP contribution in [0, 0.1) is 19.3 Å². The molecule has 1 aliphatic rings. The molecule has 12 heteroatoms. The highest BCUT2D eigenvalue weighted by atomic mass is 19.4. The molecular weight excluding hydrogens is 573 g/mol. The number of rotatable bonds is 5. The van der Waals surface area contributed by atoms with Gasteiger partial charge < -0.3 is 10.2 Å². The van der Waals surface area contributed by atoms with Crippen molar-refractivity contribution in [1.29, 1.82) is 0 Å². The first-order valence-corrected chi connectivity index (χ1v) is 13.9. The molecule has 2 amide bonds. The van der Waals surface area contributed by atoms with E-state index in [4.69, 9.17) is 11.4 Å². The van der Waals surface area contributed by atoms with E-state index >= 15 is 0 Å². The normalized spacial score (nSPS) is 14.6. The molecule has 1 unspecified atom stereocenters. The van der Waals surface area contributed by atoms with Crippen LogP contribution in [-0.4, -0.2) is 49.1 Å². The molecule has 0 saturated heterocycles. The van der Waals surface area contributed by atoms with Gasteiger partial charge in [0.15, 0.2) is 0 Å². The Morgan fingerprint density at radius 1 is 1.11 bits per heavy atom. The molecule has 0 saturated carbocycles. The molecule has 1 atom stereocenters. The summed E-state index contributed by atoms with van der Waals surface area (Å²) in [5.74, 6) is 1.28.